The van der Waals surface area contributed by atoms with E-state index < -0.39 is 0 Å². The maximum Gasteiger partial charge on any atom is 0.257 e. The molecule has 1 saturated heterocycles. The van der Waals surface area contributed by atoms with E-state index in [1.165, 1.54) is 12.5 Å². The van der Waals surface area contributed by atoms with Crippen molar-refractivity contribution in [2.75, 3.05) is 13.1 Å². The van der Waals surface area contributed by atoms with Gasteiger partial charge in [0.25, 0.3) is 5.91 Å². The summed E-state index contributed by atoms with van der Waals surface area (Å²) in [6, 6.07) is 5.27. The van der Waals surface area contributed by atoms with E-state index in [0.29, 0.717) is 31.5 Å². The minimum atomic E-state index is -0.156. The summed E-state index contributed by atoms with van der Waals surface area (Å²) >= 11 is 0. The van der Waals surface area contributed by atoms with Gasteiger partial charge in [0.2, 0.25) is 5.91 Å². The van der Waals surface area contributed by atoms with E-state index in [1.54, 1.807) is 11.0 Å². The van der Waals surface area contributed by atoms with E-state index in [1.807, 2.05) is 26.0 Å². The topological polar surface area (TPSA) is 75.7 Å². The Bertz CT molecular complexity index is 696. The Morgan fingerprint density at radius 1 is 1.25 bits per heavy atom. The first-order chi connectivity index (χ1) is 11.5. The SMILES string of the molecule is Cc1ccc(C(C)NC(=O)C2CCN(C(=O)c3ccoc3)CC2)o1. The summed E-state index contributed by atoms with van der Waals surface area (Å²) in [5, 5.41) is 3.00. The molecule has 6 nitrogen and oxygen atoms in total. The highest BCUT2D eigenvalue weighted by Gasteiger charge is 2.29. The molecule has 1 fully saturated rings. The van der Waals surface area contributed by atoms with Crippen molar-refractivity contribution in [2.24, 2.45) is 5.92 Å². The number of likely N-dealkylation sites (tertiary alicyclic amines) is 1. The zero-order chi connectivity index (χ0) is 17.1. The van der Waals surface area contributed by atoms with Gasteiger partial charge in [-0.3, -0.25) is 9.59 Å². The second kappa shape index (κ2) is 6.95. The third-order valence-electron chi connectivity index (χ3n) is 4.47. The molecular formula is C18H22N2O4. The van der Waals surface area contributed by atoms with Crippen LogP contribution in [0.25, 0.3) is 0 Å². The lowest BCUT2D eigenvalue weighted by Gasteiger charge is -2.31. The minimum absolute atomic E-state index is 0.0203. The predicted molar refractivity (Wildman–Crippen MR) is 87.3 cm³/mol. The number of rotatable bonds is 4. The molecule has 1 aliphatic heterocycles. The van der Waals surface area contributed by atoms with Crippen molar-refractivity contribution in [1.29, 1.82) is 0 Å². The van der Waals surface area contributed by atoms with Crippen LogP contribution in [0.3, 0.4) is 0 Å². The highest BCUT2D eigenvalue weighted by molar-refractivity contribution is 5.94. The number of nitrogens with zero attached hydrogens (tertiary/aromatic N) is 1. The summed E-state index contributed by atoms with van der Waals surface area (Å²) in [5.41, 5.74) is 0.555. The zero-order valence-electron chi connectivity index (χ0n) is 14.0. The smallest absolute Gasteiger partial charge is 0.257 e. The first-order valence-corrected chi connectivity index (χ1v) is 8.23. The molecule has 3 rings (SSSR count). The molecule has 0 aliphatic carbocycles. The van der Waals surface area contributed by atoms with Crippen LogP contribution in [-0.4, -0.2) is 29.8 Å². The normalized spacial score (nSPS) is 16.8. The van der Waals surface area contributed by atoms with Crippen molar-refractivity contribution >= 4 is 11.8 Å². The summed E-state index contributed by atoms with van der Waals surface area (Å²) in [6.07, 6.45) is 4.28. The van der Waals surface area contributed by atoms with Crippen LogP contribution in [0, 0.1) is 12.8 Å². The molecule has 24 heavy (non-hydrogen) atoms. The van der Waals surface area contributed by atoms with Crippen molar-refractivity contribution in [3.63, 3.8) is 0 Å². The van der Waals surface area contributed by atoms with Crippen LogP contribution in [0.2, 0.25) is 0 Å². The lowest BCUT2D eigenvalue weighted by Crippen LogP contribution is -2.43. The Morgan fingerprint density at radius 3 is 2.58 bits per heavy atom. The Morgan fingerprint density at radius 2 is 2.00 bits per heavy atom. The lowest BCUT2D eigenvalue weighted by molar-refractivity contribution is -0.127. The minimum Gasteiger partial charge on any atom is -0.472 e. The van der Waals surface area contributed by atoms with E-state index >= 15 is 0 Å². The van der Waals surface area contributed by atoms with Gasteiger partial charge in [-0.15, -0.1) is 0 Å². The molecule has 2 aromatic rings. The standard InChI is InChI=1S/C18H22N2O4/c1-12-3-4-16(24-12)13(2)19-17(21)14-5-8-20(9-6-14)18(22)15-7-10-23-11-15/h3-4,7,10-11,13-14H,5-6,8-9H2,1-2H3,(H,19,21). The summed E-state index contributed by atoms with van der Waals surface area (Å²) in [4.78, 5) is 26.4. The lowest BCUT2D eigenvalue weighted by atomic mass is 9.95. The third kappa shape index (κ3) is 3.53. The second-order valence-corrected chi connectivity index (χ2v) is 6.26. The molecule has 2 aromatic heterocycles. The quantitative estimate of drug-likeness (QED) is 0.935. The van der Waals surface area contributed by atoms with Gasteiger partial charge in [0, 0.05) is 19.0 Å². The van der Waals surface area contributed by atoms with Crippen LogP contribution in [-0.2, 0) is 4.79 Å². The summed E-state index contributed by atoms with van der Waals surface area (Å²) in [5.74, 6) is 1.50. The molecule has 0 aromatic carbocycles. The van der Waals surface area contributed by atoms with E-state index in [-0.39, 0.29) is 23.8 Å². The molecule has 3 heterocycles. The van der Waals surface area contributed by atoms with Crippen molar-refractivity contribution in [1.82, 2.24) is 10.2 Å². The molecule has 2 amide bonds. The van der Waals surface area contributed by atoms with Crippen LogP contribution >= 0.6 is 0 Å². The molecule has 0 bridgehead atoms. The fraction of sp³-hybridized carbons (Fsp3) is 0.444. The first-order valence-electron chi connectivity index (χ1n) is 8.23. The molecule has 1 aliphatic rings. The van der Waals surface area contributed by atoms with Gasteiger partial charge in [0.05, 0.1) is 17.9 Å². The van der Waals surface area contributed by atoms with Gasteiger partial charge in [-0.05, 0) is 44.9 Å². The predicted octanol–water partition coefficient (Wildman–Crippen LogP) is 2.91. The van der Waals surface area contributed by atoms with Crippen molar-refractivity contribution in [2.45, 2.75) is 32.7 Å². The monoisotopic (exact) mass is 330 g/mol. The summed E-state index contributed by atoms with van der Waals surface area (Å²) < 4.78 is 10.5. The van der Waals surface area contributed by atoms with Crippen molar-refractivity contribution < 1.29 is 18.4 Å². The highest BCUT2D eigenvalue weighted by Crippen LogP contribution is 2.22. The Hall–Kier alpha value is -2.50. The first kappa shape index (κ1) is 16.4. The number of piperidine rings is 1. The van der Waals surface area contributed by atoms with E-state index in [0.717, 1.165) is 11.5 Å². The van der Waals surface area contributed by atoms with Gasteiger partial charge >= 0.3 is 0 Å². The average Bonchev–Trinajstić information content (AvgIpc) is 3.26. The molecule has 1 N–H and O–H groups in total. The van der Waals surface area contributed by atoms with Crippen LogP contribution in [0.4, 0.5) is 0 Å². The largest absolute Gasteiger partial charge is 0.472 e. The van der Waals surface area contributed by atoms with Crippen LogP contribution < -0.4 is 5.32 Å². The Kier molecular flexibility index (Phi) is 4.74. The number of aryl methyl sites for hydroxylation is 1. The van der Waals surface area contributed by atoms with Crippen molar-refractivity contribution in [3.8, 4) is 0 Å². The molecule has 128 valence electrons. The van der Waals surface area contributed by atoms with Gasteiger partial charge < -0.3 is 19.1 Å². The van der Waals surface area contributed by atoms with E-state index in [9.17, 15) is 9.59 Å². The maximum absolute atomic E-state index is 12.4. The maximum atomic E-state index is 12.4. The number of furan rings is 2. The zero-order valence-corrected chi connectivity index (χ0v) is 14.0. The molecule has 6 heteroatoms. The van der Waals surface area contributed by atoms with Gasteiger partial charge in [0.1, 0.15) is 17.8 Å². The van der Waals surface area contributed by atoms with Crippen LogP contribution in [0.5, 0.6) is 0 Å². The number of nitrogens with one attached hydrogen (secondary N) is 1. The molecule has 0 radical (unpaired) electrons. The molecule has 0 saturated carbocycles. The van der Waals surface area contributed by atoms with Gasteiger partial charge in [0.15, 0.2) is 0 Å². The molecule has 1 unspecified atom stereocenters. The number of carbonyl (C=O) groups excluding carboxylic acids is 2. The van der Waals surface area contributed by atoms with E-state index in [4.69, 9.17) is 8.83 Å². The van der Waals surface area contributed by atoms with Crippen LogP contribution in [0.1, 0.15) is 47.7 Å². The molecule has 0 spiro atoms. The number of hydrogen-bond donors (Lipinski definition) is 1. The van der Waals surface area contributed by atoms with Crippen molar-refractivity contribution in [3.05, 3.63) is 47.8 Å². The van der Waals surface area contributed by atoms with Gasteiger partial charge in [-0.1, -0.05) is 0 Å². The number of amides is 2. The number of carbonyl (C=O) groups is 2. The Labute approximate surface area is 140 Å². The molecular weight excluding hydrogens is 308 g/mol. The van der Waals surface area contributed by atoms with E-state index in [2.05, 4.69) is 5.32 Å². The van der Waals surface area contributed by atoms with Gasteiger partial charge in [-0.2, -0.15) is 0 Å². The van der Waals surface area contributed by atoms with Gasteiger partial charge in [-0.25, -0.2) is 0 Å². The third-order valence-corrected chi connectivity index (χ3v) is 4.47. The fourth-order valence-electron chi connectivity index (χ4n) is 3.00. The second-order valence-electron chi connectivity index (χ2n) is 6.26. The number of hydrogen-bond acceptors (Lipinski definition) is 4. The summed E-state index contributed by atoms with van der Waals surface area (Å²) in [7, 11) is 0. The highest BCUT2D eigenvalue weighted by atomic mass is 16.3. The summed E-state index contributed by atoms with van der Waals surface area (Å²) in [6.45, 7) is 4.95. The van der Waals surface area contributed by atoms with Crippen LogP contribution in [0.15, 0.2) is 39.6 Å². The fourth-order valence-corrected chi connectivity index (χ4v) is 3.00. The average molecular weight is 330 g/mol. The Balaban J connectivity index is 1.51. The molecule has 1 atom stereocenters.